The van der Waals surface area contributed by atoms with Gasteiger partial charge in [0.15, 0.2) is 0 Å². The average molecular weight is 272 g/mol. The van der Waals surface area contributed by atoms with Crippen molar-refractivity contribution in [3.8, 4) is 0 Å². The molecule has 18 heavy (non-hydrogen) atoms. The predicted molar refractivity (Wildman–Crippen MR) is 76.0 cm³/mol. The van der Waals surface area contributed by atoms with Gasteiger partial charge in [-0.05, 0) is 25.8 Å². The molecule has 0 amide bonds. The Hall–Kier alpha value is -0.650. The summed E-state index contributed by atoms with van der Waals surface area (Å²) in [4.78, 5) is 0. The van der Waals surface area contributed by atoms with Crippen LogP contribution < -0.4 is 5.32 Å². The standard InChI is InChI=1S/C13H24N2O2S/c1-3-10-15(11-4-2)18(16,17)12-8-13-7-5-6-9-14-13/h3-4,13-14H,1-2,5-12H2. The Balaban J connectivity index is 2.49. The first kappa shape index (κ1) is 15.4. The third kappa shape index (κ3) is 4.92. The van der Waals surface area contributed by atoms with Crippen LogP contribution in [0.2, 0.25) is 0 Å². The molecule has 1 rings (SSSR count). The largest absolute Gasteiger partial charge is 0.314 e. The molecule has 4 nitrogen and oxygen atoms in total. The Bertz CT molecular complexity index is 349. The Morgan fingerprint density at radius 3 is 2.39 bits per heavy atom. The summed E-state index contributed by atoms with van der Waals surface area (Å²) in [5.74, 6) is 0.201. The van der Waals surface area contributed by atoms with Crippen LogP contribution in [0.3, 0.4) is 0 Å². The molecular weight excluding hydrogens is 248 g/mol. The third-order valence-corrected chi connectivity index (χ3v) is 5.03. The summed E-state index contributed by atoms with van der Waals surface area (Å²) in [7, 11) is -3.20. The van der Waals surface area contributed by atoms with E-state index in [-0.39, 0.29) is 5.75 Å². The van der Waals surface area contributed by atoms with E-state index in [0.717, 1.165) is 13.0 Å². The number of piperidine rings is 1. The quantitative estimate of drug-likeness (QED) is 0.682. The van der Waals surface area contributed by atoms with Crippen molar-refractivity contribution in [1.29, 1.82) is 0 Å². The number of sulfonamides is 1. The Labute approximate surface area is 111 Å². The molecule has 5 heteroatoms. The SMILES string of the molecule is C=CCN(CC=C)S(=O)(=O)CCC1CCCCN1. The van der Waals surface area contributed by atoms with Crippen LogP contribution in [0.5, 0.6) is 0 Å². The van der Waals surface area contributed by atoms with E-state index in [1.807, 2.05) is 0 Å². The molecule has 0 aromatic rings. The van der Waals surface area contributed by atoms with Crippen molar-refractivity contribution in [2.75, 3.05) is 25.4 Å². The third-order valence-electron chi connectivity index (χ3n) is 3.20. The fourth-order valence-electron chi connectivity index (χ4n) is 2.18. The lowest BCUT2D eigenvalue weighted by atomic mass is 10.0. The summed E-state index contributed by atoms with van der Waals surface area (Å²) < 4.78 is 25.7. The fraction of sp³-hybridized carbons (Fsp3) is 0.692. The second-order valence-electron chi connectivity index (χ2n) is 4.65. The second kappa shape index (κ2) is 7.71. The van der Waals surface area contributed by atoms with Crippen LogP contribution in [-0.4, -0.2) is 44.2 Å². The van der Waals surface area contributed by atoms with Gasteiger partial charge >= 0.3 is 0 Å². The zero-order chi connectivity index (χ0) is 13.4. The zero-order valence-electron chi connectivity index (χ0n) is 11.0. The van der Waals surface area contributed by atoms with Gasteiger partial charge in [-0.25, -0.2) is 8.42 Å². The van der Waals surface area contributed by atoms with Crippen molar-refractivity contribution in [3.63, 3.8) is 0 Å². The maximum Gasteiger partial charge on any atom is 0.214 e. The molecule has 104 valence electrons. The van der Waals surface area contributed by atoms with Crippen molar-refractivity contribution < 1.29 is 8.42 Å². The van der Waals surface area contributed by atoms with E-state index in [1.165, 1.54) is 17.1 Å². The van der Waals surface area contributed by atoms with Crippen LogP contribution >= 0.6 is 0 Å². The van der Waals surface area contributed by atoms with E-state index in [4.69, 9.17) is 0 Å². The number of rotatable bonds is 8. The van der Waals surface area contributed by atoms with E-state index < -0.39 is 10.0 Å². The van der Waals surface area contributed by atoms with Crippen molar-refractivity contribution in [2.45, 2.75) is 31.7 Å². The predicted octanol–water partition coefficient (Wildman–Crippen LogP) is 1.52. The fourth-order valence-corrected chi connectivity index (χ4v) is 3.69. The lowest BCUT2D eigenvalue weighted by Gasteiger charge is -2.25. The summed E-state index contributed by atoms with van der Waals surface area (Å²) in [6, 6.07) is 0.350. The highest BCUT2D eigenvalue weighted by Gasteiger charge is 2.22. The van der Waals surface area contributed by atoms with Gasteiger partial charge in [0, 0.05) is 19.1 Å². The van der Waals surface area contributed by atoms with Gasteiger partial charge in [-0.15, -0.1) is 13.2 Å². The van der Waals surface area contributed by atoms with Crippen molar-refractivity contribution in [3.05, 3.63) is 25.3 Å². The minimum Gasteiger partial charge on any atom is -0.314 e. The van der Waals surface area contributed by atoms with Gasteiger partial charge in [0.2, 0.25) is 10.0 Å². The molecule has 0 aliphatic carbocycles. The summed E-state index contributed by atoms with van der Waals surface area (Å²) >= 11 is 0. The molecule has 0 bridgehead atoms. The van der Waals surface area contributed by atoms with Crippen LogP contribution in [-0.2, 0) is 10.0 Å². The molecule has 0 radical (unpaired) electrons. The topological polar surface area (TPSA) is 49.4 Å². The molecule has 0 spiro atoms. The van der Waals surface area contributed by atoms with Gasteiger partial charge in [0.25, 0.3) is 0 Å². The van der Waals surface area contributed by atoms with Crippen LogP contribution in [0.25, 0.3) is 0 Å². The van der Waals surface area contributed by atoms with Gasteiger partial charge in [-0.1, -0.05) is 18.6 Å². The van der Waals surface area contributed by atoms with Gasteiger partial charge in [-0.2, -0.15) is 4.31 Å². The Kier molecular flexibility index (Phi) is 6.60. The molecule has 1 aliphatic heterocycles. The van der Waals surface area contributed by atoms with Crippen LogP contribution in [0, 0.1) is 0 Å². The van der Waals surface area contributed by atoms with E-state index in [0.29, 0.717) is 25.6 Å². The Morgan fingerprint density at radius 2 is 1.89 bits per heavy atom. The number of hydrogen-bond donors (Lipinski definition) is 1. The van der Waals surface area contributed by atoms with Gasteiger partial charge in [0.1, 0.15) is 0 Å². The first-order valence-electron chi connectivity index (χ1n) is 6.53. The van der Waals surface area contributed by atoms with Crippen LogP contribution in [0.15, 0.2) is 25.3 Å². The summed E-state index contributed by atoms with van der Waals surface area (Å²) in [5.41, 5.74) is 0. The molecule has 1 heterocycles. The van der Waals surface area contributed by atoms with E-state index in [1.54, 1.807) is 12.2 Å². The lowest BCUT2D eigenvalue weighted by Crippen LogP contribution is -2.38. The molecule has 0 aromatic heterocycles. The molecule has 0 saturated carbocycles. The maximum atomic E-state index is 12.2. The minimum absolute atomic E-state index is 0.201. The molecule has 1 saturated heterocycles. The smallest absolute Gasteiger partial charge is 0.214 e. The highest BCUT2D eigenvalue weighted by molar-refractivity contribution is 7.89. The Morgan fingerprint density at radius 1 is 1.22 bits per heavy atom. The molecule has 1 fully saturated rings. The number of nitrogens with zero attached hydrogens (tertiary/aromatic N) is 1. The van der Waals surface area contributed by atoms with E-state index in [9.17, 15) is 8.42 Å². The van der Waals surface area contributed by atoms with E-state index >= 15 is 0 Å². The van der Waals surface area contributed by atoms with Crippen LogP contribution in [0.1, 0.15) is 25.7 Å². The molecule has 1 N–H and O–H groups in total. The molecular formula is C13H24N2O2S. The highest BCUT2D eigenvalue weighted by Crippen LogP contribution is 2.12. The first-order chi connectivity index (χ1) is 8.60. The molecule has 0 aromatic carbocycles. The maximum absolute atomic E-state index is 12.2. The van der Waals surface area contributed by atoms with Gasteiger partial charge < -0.3 is 5.32 Å². The lowest BCUT2D eigenvalue weighted by molar-refractivity contribution is 0.388. The summed E-state index contributed by atoms with van der Waals surface area (Å²) in [6.45, 7) is 8.90. The second-order valence-corrected chi connectivity index (χ2v) is 6.73. The average Bonchev–Trinajstić information content (AvgIpc) is 2.37. The van der Waals surface area contributed by atoms with Crippen LogP contribution in [0.4, 0.5) is 0 Å². The van der Waals surface area contributed by atoms with Crippen molar-refractivity contribution >= 4 is 10.0 Å². The number of nitrogens with one attached hydrogen (secondary N) is 1. The van der Waals surface area contributed by atoms with Crippen molar-refractivity contribution in [2.24, 2.45) is 0 Å². The van der Waals surface area contributed by atoms with Gasteiger partial charge in [0.05, 0.1) is 5.75 Å². The van der Waals surface area contributed by atoms with Crippen molar-refractivity contribution in [1.82, 2.24) is 9.62 Å². The van der Waals surface area contributed by atoms with E-state index in [2.05, 4.69) is 18.5 Å². The molecule has 1 aliphatic rings. The zero-order valence-corrected chi connectivity index (χ0v) is 11.8. The molecule has 1 unspecified atom stereocenters. The highest BCUT2D eigenvalue weighted by atomic mass is 32.2. The first-order valence-corrected chi connectivity index (χ1v) is 8.14. The number of hydrogen-bond acceptors (Lipinski definition) is 3. The van der Waals surface area contributed by atoms with Gasteiger partial charge in [-0.3, -0.25) is 0 Å². The normalized spacial score (nSPS) is 20.8. The summed E-state index contributed by atoms with van der Waals surface area (Å²) in [5, 5.41) is 3.37. The minimum atomic E-state index is -3.20. The summed E-state index contributed by atoms with van der Waals surface area (Å²) in [6.07, 6.45) is 7.38. The monoisotopic (exact) mass is 272 g/mol. The molecule has 1 atom stereocenters.